The van der Waals surface area contributed by atoms with Crippen LogP contribution in [0.1, 0.15) is 48.2 Å². The SMILES string of the molecule is CC(C)C[C@H](NC(=O)[C@H](Cc1cnc[nH]1)NC(=O)[C@H](Cc1ccccc1)NC(=O)[C@H](Cc1c[nH]c2ccccc12)NC(=O)[C@H](Cc1ccccc1)NC(=O)[C@@H](N)Cc1ccccc1)C(N)=O. The highest BCUT2D eigenvalue weighted by Gasteiger charge is 2.34. The molecule has 11 N–H and O–H groups in total. The molecule has 0 aliphatic carbocycles. The minimum Gasteiger partial charge on any atom is -0.368 e. The van der Waals surface area contributed by atoms with E-state index in [-0.39, 0.29) is 44.4 Å². The largest absolute Gasteiger partial charge is 0.368 e. The zero-order valence-corrected chi connectivity index (χ0v) is 37.0. The highest BCUT2D eigenvalue weighted by Crippen LogP contribution is 2.20. The van der Waals surface area contributed by atoms with Crippen LogP contribution in [0.2, 0.25) is 0 Å². The standard InChI is InChI=1S/C50H58N10O6/c1-31(2)22-40(45(52)61)56-50(66)44(27-36-29-53-30-55-36)60-48(64)42(25-34-18-10-5-11-19-34)58-49(65)43(26-35-28-54-39-21-13-12-20-37(35)39)59-47(63)41(24-33-16-8-4-9-17-33)57-46(62)38(51)23-32-14-6-3-7-15-32/h3-21,28-31,38,40-44,54H,22-27,51H2,1-2H3,(H2,52,61)(H,53,55)(H,56,66)(H,57,62)(H,58,65)(H,59,63)(H,60,64)/t38-,40-,41-,42-,43-,44-/m0/s1. The van der Waals surface area contributed by atoms with Crippen LogP contribution in [0.5, 0.6) is 0 Å². The van der Waals surface area contributed by atoms with E-state index in [4.69, 9.17) is 11.5 Å². The Hall–Kier alpha value is -7.59. The predicted octanol–water partition coefficient (Wildman–Crippen LogP) is 2.69. The van der Waals surface area contributed by atoms with Crippen LogP contribution >= 0.6 is 0 Å². The van der Waals surface area contributed by atoms with E-state index in [1.165, 1.54) is 12.5 Å². The third-order valence-electron chi connectivity index (χ3n) is 11.2. The number of aromatic nitrogens is 3. The maximum absolute atomic E-state index is 14.8. The first-order valence-corrected chi connectivity index (χ1v) is 22.0. The molecular formula is C50H58N10O6. The van der Waals surface area contributed by atoms with Crippen molar-refractivity contribution in [2.75, 3.05) is 0 Å². The number of nitrogens with two attached hydrogens (primary N) is 2. The smallest absolute Gasteiger partial charge is 0.243 e. The average molecular weight is 895 g/mol. The van der Waals surface area contributed by atoms with Crippen molar-refractivity contribution >= 4 is 46.3 Å². The number of nitrogens with zero attached hydrogens (tertiary/aromatic N) is 1. The minimum atomic E-state index is -1.27. The number of aromatic amines is 2. The summed E-state index contributed by atoms with van der Waals surface area (Å²) < 4.78 is 0. The maximum Gasteiger partial charge on any atom is 0.243 e. The number of carbonyl (C=O) groups excluding carboxylic acids is 6. The van der Waals surface area contributed by atoms with Crippen LogP contribution in [-0.2, 0) is 60.9 Å². The summed E-state index contributed by atoms with van der Waals surface area (Å²) in [5, 5.41) is 15.0. The number of H-pyrrole nitrogens is 2. The minimum absolute atomic E-state index is 0.00397. The lowest BCUT2D eigenvalue weighted by atomic mass is 10.00. The molecule has 0 saturated heterocycles. The summed E-state index contributed by atoms with van der Waals surface area (Å²) in [5.41, 5.74) is 16.4. The van der Waals surface area contributed by atoms with E-state index in [9.17, 15) is 28.8 Å². The Morgan fingerprint density at radius 1 is 0.530 bits per heavy atom. The van der Waals surface area contributed by atoms with Crippen molar-refractivity contribution in [1.29, 1.82) is 0 Å². The van der Waals surface area contributed by atoms with Gasteiger partial charge in [0, 0.05) is 54.7 Å². The van der Waals surface area contributed by atoms with E-state index >= 15 is 0 Å². The van der Waals surface area contributed by atoms with Crippen LogP contribution in [-0.4, -0.2) is 86.6 Å². The molecule has 0 bridgehead atoms. The van der Waals surface area contributed by atoms with Crippen molar-refractivity contribution in [3.63, 3.8) is 0 Å². The zero-order valence-electron chi connectivity index (χ0n) is 37.0. The molecule has 16 nitrogen and oxygen atoms in total. The Balaban J connectivity index is 1.29. The number of hydrogen-bond acceptors (Lipinski definition) is 8. The van der Waals surface area contributed by atoms with Gasteiger partial charge in [-0.1, -0.05) is 123 Å². The van der Waals surface area contributed by atoms with Crippen LogP contribution in [0.15, 0.2) is 134 Å². The number of nitrogens with one attached hydrogen (secondary N) is 7. The lowest BCUT2D eigenvalue weighted by Gasteiger charge is -2.27. The second-order valence-corrected chi connectivity index (χ2v) is 16.9. The topological polar surface area (TPSA) is 259 Å². The number of primary amides is 1. The second kappa shape index (κ2) is 23.4. The average Bonchev–Trinajstić information content (AvgIpc) is 3.98. The van der Waals surface area contributed by atoms with E-state index in [0.29, 0.717) is 16.8 Å². The highest BCUT2D eigenvalue weighted by molar-refractivity contribution is 5.97. The molecule has 6 amide bonds. The summed E-state index contributed by atoms with van der Waals surface area (Å²) in [5.74, 6) is -3.96. The quantitative estimate of drug-likeness (QED) is 0.0461. The van der Waals surface area contributed by atoms with Crippen molar-refractivity contribution in [2.24, 2.45) is 17.4 Å². The first-order chi connectivity index (χ1) is 31.8. The van der Waals surface area contributed by atoms with Crippen molar-refractivity contribution in [3.05, 3.63) is 162 Å². The van der Waals surface area contributed by atoms with E-state index in [0.717, 1.165) is 22.0 Å². The molecule has 6 atom stereocenters. The van der Waals surface area contributed by atoms with Gasteiger partial charge in [-0.2, -0.15) is 0 Å². The fourth-order valence-corrected chi connectivity index (χ4v) is 7.72. The van der Waals surface area contributed by atoms with Crippen molar-refractivity contribution in [2.45, 2.75) is 88.6 Å². The highest BCUT2D eigenvalue weighted by atomic mass is 16.2. The third-order valence-corrected chi connectivity index (χ3v) is 11.2. The predicted molar refractivity (Wildman–Crippen MR) is 251 cm³/mol. The molecule has 0 unspecified atom stereocenters. The number of para-hydroxylation sites is 1. The summed E-state index contributed by atoms with van der Waals surface area (Å²) >= 11 is 0. The van der Waals surface area contributed by atoms with E-state index < -0.39 is 71.7 Å². The van der Waals surface area contributed by atoms with E-state index in [2.05, 4.69) is 41.5 Å². The maximum atomic E-state index is 14.8. The van der Waals surface area contributed by atoms with Crippen molar-refractivity contribution in [3.8, 4) is 0 Å². The van der Waals surface area contributed by atoms with Gasteiger partial charge in [0.05, 0.1) is 12.4 Å². The van der Waals surface area contributed by atoms with Gasteiger partial charge in [-0.25, -0.2) is 4.98 Å². The van der Waals surface area contributed by atoms with Crippen molar-refractivity contribution < 1.29 is 28.8 Å². The van der Waals surface area contributed by atoms with Gasteiger partial charge in [0.25, 0.3) is 0 Å². The molecule has 0 saturated carbocycles. The summed E-state index contributed by atoms with van der Waals surface area (Å²) in [7, 11) is 0. The Labute approximate surface area is 383 Å². The normalized spacial score (nSPS) is 13.9. The Morgan fingerprint density at radius 2 is 0.970 bits per heavy atom. The summed E-state index contributed by atoms with van der Waals surface area (Å²) in [6.45, 7) is 3.78. The number of amides is 6. The molecule has 0 fully saturated rings. The molecule has 6 rings (SSSR count). The zero-order chi connectivity index (χ0) is 47.0. The molecule has 0 aliphatic heterocycles. The first kappa shape index (κ1) is 47.9. The molecule has 0 spiro atoms. The third kappa shape index (κ3) is 14.0. The van der Waals surface area contributed by atoms with Crippen LogP contribution in [0, 0.1) is 5.92 Å². The number of hydrogen-bond donors (Lipinski definition) is 9. The second-order valence-electron chi connectivity index (χ2n) is 16.9. The molecule has 2 heterocycles. The molecular weight excluding hydrogens is 837 g/mol. The lowest BCUT2D eigenvalue weighted by molar-refractivity contribution is -0.135. The van der Waals surface area contributed by atoms with Gasteiger partial charge in [-0.15, -0.1) is 0 Å². The van der Waals surface area contributed by atoms with Gasteiger partial charge < -0.3 is 48.0 Å². The van der Waals surface area contributed by atoms with Crippen LogP contribution in [0.25, 0.3) is 10.9 Å². The number of rotatable bonds is 23. The number of benzene rings is 4. The Bertz CT molecular complexity index is 2530. The fraction of sp³-hybridized carbons (Fsp3) is 0.300. The number of imidazole rings is 1. The van der Waals surface area contributed by atoms with Crippen LogP contribution in [0.4, 0.5) is 0 Å². The fourth-order valence-electron chi connectivity index (χ4n) is 7.72. The summed E-state index contributed by atoms with van der Waals surface area (Å²) in [6.07, 6.45) is 5.28. The van der Waals surface area contributed by atoms with Crippen LogP contribution in [0.3, 0.4) is 0 Å². The molecule has 6 aromatic rings. The Morgan fingerprint density at radius 3 is 1.45 bits per heavy atom. The van der Waals surface area contributed by atoms with E-state index in [1.807, 2.05) is 105 Å². The number of carbonyl (C=O) groups is 6. The van der Waals surface area contributed by atoms with Gasteiger partial charge >= 0.3 is 0 Å². The molecule has 66 heavy (non-hydrogen) atoms. The molecule has 16 heteroatoms. The monoisotopic (exact) mass is 894 g/mol. The van der Waals surface area contributed by atoms with Gasteiger partial charge in [-0.05, 0) is 47.1 Å². The van der Waals surface area contributed by atoms with Gasteiger partial charge in [0.15, 0.2) is 0 Å². The Kier molecular flexibility index (Phi) is 17.0. The molecule has 0 radical (unpaired) electrons. The van der Waals surface area contributed by atoms with Crippen molar-refractivity contribution in [1.82, 2.24) is 41.5 Å². The van der Waals surface area contributed by atoms with E-state index in [1.54, 1.807) is 30.5 Å². The lowest BCUT2D eigenvalue weighted by Crippen LogP contribution is -2.60. The van der Waals surface area contributed by atoms with Crippen LogP contribution < -0.4 is 38.1 Å². The molecule has 4 aromatic carbocycles. The molecule has 2 aromatic heterocycles. The van der Waals surface area contributed by atoms with Gasteiger partial charge in [0.2, 0.25) is 35.4 Å². The molecule has 344 valence electrons. The summed E-state index contributed by atoms with van der Waals surface area (Å²) in [4.78, 5) is 93.9. The molecule has 0 aliphatic rings. The van der Waals surface area contributed by atoms with Gasteiger partial charge in [-0.3, -0.25) is 28.8 Å². The first-order valence-electron chi connectivity index (χ1n) is 22.0. The number of fused-ring (bicyclic) bond motifs is 1. The van der Waals surface area contributed by atoms with Gasteiger partial charge in [0.1, 0.15) is 30.2 Å². The summed E-state index contributed by atoms with van der Waals surface area (Å²) in [6, 6.07) is 28.1.